The second-order valence-corrected chi connectivity index (χ2v) is 12.5. The molecule has 6 unspecified atom stereocenters. The third-order valence-electron chi connectivity index (χ3n) is 8.59. The van der Waals surface area contributed by atoms with Crippen LogP contribution < -0.4 is 0 Å². The van der Waals surface area contributed by atoms with Crippen LogP contribution in [0.15, 0.2) is 84.5 Å². The largest absolute Gasteiger partial charge is 0.458 e. The molecule has 6 atom stereocenters. The standard InChI is InChI=1S/C36H40O8/c1-22-17-18-35(5,6)30(38)20-29(42-33(40)26-13-9-7-10-14-26)23(2)19-28-31(43-34(41)27-15-11-8-12-16-27)24(3)21-36(28,32(22)39)44-25(4)37/h7-19,22,24,28-29,31H,20-21H2,1-6H3/b18-17+,23-19-. The maximum Gasteiger partial charge on any atom is 0.338 e. The van der Waals surface area contributed by atoms with Crippen LogP contribution in [0.2, 0.25) is 0 Å². The van der Waals surface area contributed by atoms with Gasteiger partial charge in [-0.25, -0.2) is 9.59 Å². The van der Waals surface area contributed by atoms with E-state index in [9.17, 15) is 24.0 Å². The van der Waals surface area contributed by atoms with E-state index in [1.165, 1.54) is 6.92 Å². The quantitative estimate of drug-likeness (QED) is 0.230. The Morgan fingerprint density at radius 1 is 0.841 bits per heavy atom. The van der Waals surface area contributed by atoms with Gasteiger partial charge >= 0.3 is 17.9 Å². The van der Waals surface area contributed by atoms with E-state index in [2.05, 4.69) is 0 Å². The van der Waals surface area contributed by atoms with Crippen molar-refractivity contribution < 1.29 is 38.2 Å². The number of ketones is 2. The third kappa shape index (κ3) is 6.90. The second-order valence-electron chi connectivity index (χ2n) is 12.5. The van der Waals surface area contributed by atoms with E-state index in [4.69, 9.17) is 14.2 Å². The molecule has 232 valence electrons. The highest BCUT2D eigenvalue weighted by Gasteiger charge is 2.60. The highest BCUT2D eigenvalue weighted by atomic mass is 16.6. The van der Waals surface area contributed by atoms with Gasteiger partial charge in [-0.15, -0.1) is 0 Å². The van der Waals surface area contributed by atoms with E-state index in [1.807, 2.05) is 6.92 Å². The van der Waals surface area contributed by atoms with Gasteiger partial charge in [-0.1, -0.05) is 68.5 Å². The average molecular weight is 601 g/mol. The number of carbonyl (C=O) groups excluding carboxylic acids is 5. The topological polar surface area (TPSA) is 113 Å². The van der Waals surface area contributed by atoms with Crippen LogP contribution in [-0.2, 0) is 28.6 Å². The molecule has 0 aliphatic heterocycles. The summed E-state index contributed by atoms with van der Waals surface area (Å²) in [7, 11) is 0. The molecule has 8 nitrogen and oxygen atoms in total. The minimum Gasteiger partial charge on any atom is -0.458 e. The molecule has 2 aliphatic carbocycles. The molecule has 1 saturated carbocycles. The smallest absolute Gasteiger partial charge is 0.338 e. The van der Waals surface area contributed by atoms with Crippen molar-refractivity contribution in [3.05, 3.63) is 95.6 Å². The molecule has 8 heteroatoms. The number of benzene rings is 2. The van der Waals surface area contributed by atoms with Gasteiger partial charge in [-0.05, 0) is 56.5 Å². The molecule has 0 aromatic heterocycles. The molecular formula is C36H40O8. The number of carbonyl (C=O) groups is 5. The van der Waals surface area contributed by atoms with Crippen LogP contribution in [0.1, 0.15) is 75.1 Å². The van der Waals surface area contributed by atoms with Crippen molar-refractivity contribution in [3.8, 4) is 0 Å². The number of Topliss-reactive ketones (excluding diaryl/α,β-unsaturated/α-hetero) is 2. The third-order valence-corrected chi connectivity index (χ3v) is 8.59. The molecule has 4 rings (SSSR count). The highest BCUT2D eigenvalue weighted by Crippen LogP contribution is 2.48. The molecule has 0 N–H and O–H groups in total. The first-order valence-electron chi connectivity index (χ1n) is 14.9. The summed E-state index contributed by atoms with van der Waals surface area (Å²) in [6.07, 6.45) is 3.15. The van der Waals surface area contributed by atoms with E-state index in [1.54, 1.807) is 107 Å². The van der Waals surface area contributed by atoms with Crippen molar-refractivity contribution in [1.29, 1.82) is 0 Å². The van der Waals surface area contributed by atoms with E-state index >= 15 is 0 Å². The van der Waals surface area contributed by atoms with Gasteiger partial charge in [-0.2, -0.15) is 0 Å². The first-order chi connectivity index (χ1) is 20.7. The van der Waals surface area contributed by atoms with Crippen LogP contribution >= 0.6 is 0 Å². The maximum absolute atomic E-state index is 14.3. The number of allylic oxidation sites excluding steroid dienone is 2. The van der Waals surface area contributed by atoms with Crippen molar-refractivity contribution in [2.75, 3.05) is 0 Å². The SMILES string of the molecule is CC(=O)OC12CC(C)C(OC(=O)c3ccccc3)C1/C=C(/C)C(OC(=O)c1ccccc1)CC(=O)C(C)(C)/C=C/C(C)C2=O. The van der Waals surface area contributed by atoms with Crippen molar-refractivity contribution in [1.82, 2.24) is 0 Å². The Hall–Kier alpha value is -4.33. The Labute approximate surface area is 258 Å². The molecule has 2 aromatic rings. The zero-order chi connectivity index (χ0) is 32.2. The lowest BCUT2D eigenvalue weighted by Gasteiger charge is -2.36. The van der Waals surface area contributed by atoms with Gasteiger partial charge in [0.05, 0.1) is 17.0 Å². The van der Waals surface area contributed by atoms with Crippen LogP contribution in [-0.4, -0.2) is 47.3 Å². The van der Waals surface area contributed by atoms with Gasteiger partial charge in [0.25, 0.3) is 0 Å². The minimum atomic E-state index is -1.67. The Balaban J connectivity index is 1.86. The van der Waals surface area contributed by atoms with Gasteiger partial charge in [0, 0.05) is 31.1 Å². The number of hydrogen-bond donors (Lipinski definition) is 0. The number of ether oxygens (including phenoxy) is 3. The molecule has 44 heavy (non-hydrogen) atoms. The lowest BCUT2D eigenvalue weighted by Crippen LogP contribution is -2.50. The Morgan fingerprint density at radius 2 is 1.39 bits per heavy atom. The Bertz CT molecular complexity index is 1470. The van der Waals surface area contributed by atoms with Gasteiger partial charge in [0.2, 0.25) is 0 Å². The predicted molar refractivity (Wildman–Crippen MR) is 164 cm³/mol. The fraction of sp³-hybridized carbons (Fsp3) is 0.417. The maximum atomic E-state index is 14.3. The van der Waals surface area contributed by atoms with Crippen LogP contribution in [0.25, 0.3) is 0 Å². The summed E-state index contributed by atoms with van der Waals surface area (Å²) < 4.78 is 17.9. The first-order valence-corrected chi connectivity index (χ1v) is 14.9. The lowest BCUT2D eigenvalue weighted by atomic mass is 9.76. The first kappa shape index (κ1) is 32.6. The molecule has 0 spiro atoms. The molecule has 2 aromatic carbocycles. The van der Waals surface area contributed by atoms with Gasteiger partial charge in [0.1, 0.15) is 18.0 Å². The zero-order valence-electron chi connectivity index (χ0n) is 26.1. The molecule has 2 aliphatic rings. The van der Waals surface area contributed by atoms with Crippen LogP contribution in [0.4, 0.5) is 0 Å². The normalized spacial score (nSPS) is 30.4. The van der Waals surface area contributed by atoms with Gasteiger partial charge in [-0.3, -0.25) is 14.4 Å². The summed E-state index contributed by atoms with van der Waals surface area (Å²) in [6, 6.07) is 16.9. The van der Waals surface area contributed by atoms with Crippen molar-refractivity contribution in [3.63, 3.8) is 0 Å². The Morgan fingerprint density at radius 3 is 1.93 bits per heavy atom. The van der Waals surface area contributed by atoms with Crippen molar-refractivity contribution in [2.45, 2.75) is 72.2 Å². The molecular weight excluding hydrogens is 560 g/mol. The average Bonchev–Trinajstić information content (AvgIpc) is 3.24. The zero-order valence-corrected chi connectivity index (χ0v) is 26.1. The number of hydrogen-bond acceptors (Lipinski definition) is 8. The summed E-state index contributed by atoms with van der Waals surface area (Å²) in [5, 5.41) is 0. The Kier molecular flexibility index (Phi) is 9.72. The summed E-state index contributed by atoms with van der Waals surface area (Å²) >= 11 is 0. The van der Waals surface area contributed by atoms with E-state index < -0.39 is 53.0 Å². The minimum absolute atomic E-state index is 0.113. The monoisotopic (exact) mass is 600 g/mol. The summed E-state index contributed by atoms with van der Waals surface area (Å²) in [5.74, 6) is -4.43. The number of esters is 3. The van der Waals surface area contributed by atoms with Gasteiger partial charge < -0.3 is 14.2 Å². The fourth-order valence-electron chi connectivity index (χ4n) is 6.06. The van der Waals surface area contributed by atoms with E-state index in [0.717, 1.165) is 0 Å². The fourth-order valence-corrected chi connectivity index (χ4v) is 6.06. The summed E-state index contributed by atoms with van der Waals surface area (Å²) in [6.45, 7) is 9.97. The van der Waals surface area contributed by atoms with Gasteiger partial charge in [0.15, 0.2) is 11.4 Å². The van der Waals surface area contributed by atoms with Crippen LogP contribution in [0.5, 0.6) is 0 Å². The summed E-state index contributed by atoms with van der Waals surface area (Å²) in [5.41, 5.74) is -1.51. The second kappa shape index (κ2) is 13.1. The summed E-state index contributed by atoms with van der Waals surface area (Å²) in [4.78, 5) is 66.9. The predicted octanol–water partition coefficient (Wildman–Crippen LogP) is 6.10. The molecule has 0 amide bonds. The number of fused-ring (bicyclic) bond motifs is 1. The lowest BCUT2D eigenvalue weighted by molar-refractivity contribution is -0.171. The highest BCUT2D eigenvalue weighted by molar-refractivity contribution is 5.95. The molecule has 0 radical (unpaired) electrons. The van der Waals surface area contributed by atoms with Crippen LogP contribution in [0.3, 0.4) is 0 Å². The molecule has 0 saturated heterocycles. The molecule has 0 bridgehead atoms. The molecule has 0 heterocycles. The van der Waals surface area contributed by atoms with Crippen molar-refractivity contribution >= 4 is 29.5 Å². The van der Waals surface area contributed by atoms with Crippen molar-refractivity contribution in [2.24, 2.45) is 23.2 Å². The number of rotatable bonds is 5. The van der Waals surface area contributed by atoms with E-state index in [-0.39, 0.29) is 30.3 Å². The molecule has 1 fully saturated rings. The van der Waals surface area contributed by atoms with Crippen LogP contribution in [0, 0.1) is 23.2 Å². The van der Waals surface area contributed by atoms with E-state index in [0.29, 0.717) is 16.7 Å².